The number of nitrogens with zero attached hydrogens (tertiary/aromatic N) is 6. The van der Waals surface area contributed by atoms with E-state index in [2.05, 4.69) is 31.9 Å². The molecule has 2 aliphatic heterocycles. The van der Waals surface area contributed by atoms with Gasteiger partial charge in [0, 0.05) is 36.3 Å². The van der Waals surface area contributed by atoms with Gasteiger partial charge >= 0.3 is 0 Å². The van der Waals surface area contributed by atoms with Crippen LogP contribution in [0.2, 0.25) is 5.02 Å². The molecule has 16 heteroatoms. The number of halogens is 1. The van der Waals surface area contributed by atoms with Crippen LogP contribution in [0.15, 0.2) is 89.7 Å². The zero-order chi connectivity index (χ0) is 47.6. The van der Waals surface area contributed by atoms with Gasteiger partial charge in [0.1, 0.15) is 18.2 Å². The second-order valence-electron chi connectivity index (χ2n) is 17.9. The molecule has 6 atom stereocenters. The molecule has 0 saturated carbocycles. The Kier molecular flexibility index (Phi) is 16.5. The SMILES string of the molecule is Cc1ncsc1-c1ccc([C@H](C)NC(=O)C2C[C@@H](O)CN2C(=O)[C@H](C(C)C)C2CC(OCCCCCCc3ccc(C(=O)N[C@@H](C)Cn4ccc(-c5ccc(C#N)c(Cl)c5)n4)cc3)=NO2)cc1. The predicted molar refractivity (Wildman–Crippen MR) is 259 cm³/mol. The summed E-state index contributed by atoms with van der Waals surface area (Å²) in [6.45, 7) is 10.8. The third-order valence-electron chi connectivity index (χ3n) is 12.4. The van der Waals surface area contributed by atoms with Crippen molar-refractivity contribution in [3.63, 3.8) is 0 Å². The van der Waals surface area contributed by atoms with Gasteiger partial charge in [0.25, 0.3) is 5.91 Å². The van der Waals surface area contributed by atoms with E-state index in [9.17, 15) is 19.5 Å². The number of aliphatic hydroxyl groups is 1. The third-order valence-corrected chi connectivity index (χ3v) is 13.7. The molecule has 14 nitrogen and oxygen atoms in total. The number of nitriles is 1. The van der Waals surface area contributed by atoms with Crippen molar-refractivity contribution in [2.45, 2.75) is 116 Å². The summed E-state index contributed by atoms with van der Waals surface area (Å²) in [5.74, 6) is -0.907. The monoisotopic (exact) mass is 946 g/mol. The van der Waals surface area contributed by atoms with Crippen molar-refractivity contribution in [2.75, 3.05) is 13.2 Å². The maximum atomic E-state index is 14.2. The average molecular weight is 948 g/mol. The van der Waals surface area contributed by atoms with Crippen LogP contribution in [0, 0.1) is 30.1 Å². The van der Waals surface area contributed by atoms with E-state index in [1.165, 1.54) is 10.5 Å². The molecule has 3 amide bonds. The third kappa shape index (κ3) is 12.5. The maximum absolute atomic E-state index is 14.2. The molecule has 5 aromatic rings. The largest absolute Gasteiger partial charge is 0.479 e. The molecule has 2 unspecified atom stereocenters. The van der Waals surface area contributed by atoms with Crippen LogP contribution < -0.4 is 10.6 Å². The van der Waals surface area contributed by atoms with Gasteiger partial charge in [0.2, 0.25) is 17.7 Å². The summed E-state index contributed by atoms with van der Waals surface area (Å²) in [4.78, 5) is 53.6. The lowest BCUT2D eigenvalue weighted by Crippen LogP contribution is -2.51. The Hall–Kier alpha value is -6.08. The van der Waals surface area contributed by atoms with Crippen molar-refractivity contribution in [3.8, 4) is 27.8 Å². The molecule has 4 heterocycles. The number of aliphatic hydroxyl groups excluding tert-OH is 1. The number of aryl methyl sites for hydroxylation is 2. The number of nitrogens with one attached hydrogen (secondary N) is 2. The van der Waals surface area contributed by atoms with E-state index in [0.29, 0.717) is 41.6 Å². The van der Waals surface area contributed by atoms with Gasteiger partial charge in [0.15, 0.2) is 0 Å². The molecule has 2 aromatic heterocycles. The molecule has 2 aliphatic rings. The van der Waals surface area contributed by atoms with E-state index in [-0.39, 0.29) is 48.7 Å². The molecule has 1 fully saturated rings. The number of hydrogen-bond donors (Lipinski definition) is 3. The van der Waals surface area contributed by atoms with Crippen molar-refractivity contribution < 1.29 is 29.1 Å². The van der Waals surface area contributed by atoms with Crippen molar-refractivity contribution in [3.05, 3.63) is 117 Å². The first-order chi connectivity index (χ1) is 32.3. The number of carbonyl (C=O) groups excluding carboxylic acids is 3. The fourth-order valence-electron chi connectivity index (χ4n) is 8.73. The lowest BCUT2D eigenvalue weighted by Gasteiger charge is -2.32. The van der Waals surface area contributed by atoms with Gasteiger partial charge in [-0.05, 0) is 93.0 Å². The van der Waals surface area contributed by atoms with Crippen LogP contribution in [-0.2, 0) is 32.1 Å². The molecule has 0 spiro atoms. The lowest BCUT2D eigenvalue weighted by molar-refractivity contribution is -0.147. The smallest absolute Gasteiger partial charge is 0.251 e. The molecule has 0 bridgehead atoms. The van der Waals surface area contributed by atoms with E-state index in [0.717, 1.165) is 65.1 Å². The Morgan fingerprint density at radius 1 is 0.985 bits per heavy atom. The van der Waals surface area contributed by atoms with Crippen LogP contribution in [0.5, 0.6) is 0 Å². The Labute approximate surface area is 401 Å². The number of ether oxygens (including phenoxy) is 1. The van der Waals surface area contributed by atoms with Crippen molar-refractivity contribution in [2.24, 2.45) is 17.0 Å². The summed E-state index contributed by atoms with van der Waals surface area (Å²) in [7, 11) is 0. The van der Waals surface area contributed by atoms with Crippen LogP contribution in [0.25, 0.3) is 21.7 Å². The molecular formula is C51H59ClN8O6S. The van der Waals surface area contributed by atoms with Gasteiger partial charge < -0.3 is 30.2 Å². The highest BCUT2D eigenvalue weighted by molar-refractivity contribution is 7.13. The number of unbranched alkanes of at least 4 members (excludes halogenated alkanes) is 3. The van der Waals surface area contributed by atoms with Gasteiger partial charge in [-0.1, -0.05) is 85.9 Å². The Bertz CT molecular complexity index is 2570. The highest BCUT2D eigenvalue weighted by atomic mass is 35.5. The number of thiazole rings is 1. The number of carbonyl (C=O) groups is 3. The second kappa shape index (κ2) is 22.6. The Balaban J connectivity index is 0.789. The number of rotatable bonds is 19. The zero-order valence-electron chi connectivity index (χ0n) is 38.7. The van der Waals surface area contributed by atoms with E-state index in [1.54, 1.807) is 28.2 Å². The summed E-state index contributed by atoms with van der Waals surface area (Å²) in [5, 5.41) is 35.1. The quantitative estimate of drug-likeness (QED) is 0.0682. The number of aromatic nitrogens is 3. The van der Waals surface area contributed by atoms with Crippen molar-refractivity contribution in [1.82, 2.24) is 30.3 Å². The predicted octanol–water partition coefficient (Wildman–Crippen LogP) is 8.66. The first kappa shape index (κ1) is 48.8. The number of hydrogen-bond acceptors (Lipinski definition) is 11. The minimum absolute atomic E-state index is 0.0764. The fourth-order valence-corrected chi connectivity index (χ4v) is 9.76. The van der Waals surface area contributed by atoms with E-state index >= 15 is 0 Å². The Morgan fingerprint density at radius 3 is 2.43 bits per heavy atom. The number of likely N-dealkylation sites (tertiary alicyclic amines) is 1. The molecule has 67 heavy (non-hydrogen) atoms. The topological polar surface area (TPSA) is 184 Å². The first-order valence-electron chi connectivity index (χ1n) is 23.1. The van der Waals surface area contributed by atoms with Crippen LogP contribution in [0.3, 0.4) is 0 Å². The molecule has 1 saturated heterocycles. The minimum atomic E-state index is -0.807. The van der Waals surface area contributed by atoms with E-state index in [1.807, 2.05) is 107 Å². The highest BCUT2D eigenvalue weighted by Gasteiger charge is 2.46. The normalized spacial score (nSPS) is 18.2. The first-order valence-corrected chi connectivity index (χ1v) is 24.3. The van der Waals surface area contributed by atoms with Crippen LogP contribution >= 0.6 is 22.9 Å². The Morgan fingerprint density at radius 2 is 1.73 bits per heavy atom. The minimum Gasteiger partial charge on any atom is -0.479 e. The molecule has 7 rings (SSSR count). The van der Waals surface area contributed by atoms with Gasteiger partial charge in [0.05, 0.1) is 70.0 Å². The molecular weight excluding hydrogens is 888 g/mol. The fraction of sp³-hybridized carbons (Fsp3) is 0.431. The summed E-state index contributed by atoms with van der Waals surface area (Å²) in [6, 6.07) is 23.6. The summed E-state index contributed by atoms with van der Waals surface area (Å²) < 4.78 is 7.77. The van der Waals surface area contributed by atoms with Gasteiger partial charge in [-0.15, -0.1) is 11.3 Å². The number of amides is 3. The lowest BCUT2D eigenvalue weighted by atomic mass is 9.87. The van der Waals surface area contributed by atoms with Gasteiger partial charge in [-0.3, -0.25) is 19.1 Å². The average Bonchev–Trinajstić information content (AvgIpc) is 4.15. The standard InChI is InChI=1S/C51H59ClN8O6S/c1-31(2)47(51(64)60-29-41(61)25-44(60)50(63)56-33(4)36-15-17-37(18-16-36)48-34(5)54-30-67-48)45-26-46(58-66-45)65-23-9-7-6-8-10-35-11-13-38(14-12-35)49(62)55-32(3)28-59-22-21-43(57-59)39-19-20-40(27-53)42(52)24-39/h11-22,24,30-33,41,44-45,47,61H,6-10,23,25-26,28-29H2,1-5H3,(H,55,62)(H,56,63)/t32-,33-,41+,44?,45?,47+/m0/s1. The maximum Gasteiger partial charge on any atom is 0.251 e. The summed E-state index contributed by atoms with van der Waals surface area (Å²) >= 11 is 7.79. The number of benzene rings is 3. The molecule has 352 valence electrons. The number of β-amino-alcohol motifs (C(OH)–C–C–N with tert-alkyl or cyclic N) is 1. The molecule has 0 aliphatic carbocycles. The zero-order valence-corrected chi connectivity index (χ0v) is 40.2. The second-order valence-corrected chi connectivity index (χ2v) is 19.2. The van der Waals surface area contributed by atoms with E-state index in [4.69, 9.17) is 26.4 Å². The summed E-state index contributed by atoms with van der Waals surface area (Å²) in [6.07, 6.45) is 5.75. The highest BCUT2D eigenvalue weighted by Crippen LogP contribution is 2.32. The van der Waals surface area contributed by atoms with Crippen molar-refractivity contribution in [1.29, 1.82) is 5.26 Å². The number of oxime groups is 1. The van der Waals surface area contributed by atoms with Crippen molar-refractivity contribution >= 4 is 46.6 Å². The molecule has 0 radical (unpaired) electrons. The summed E-state index contributed by atoms with van der Waals surface area (Å²) in [5.41, 5.74) is 8.54. The van der Waals surface area contributed by atoms with Gasteiger partial charge in [-0.2, -0.15) is 10.4 Å². The van der Waals surface area contributed by atoms with Crippen LogP contribution in [0.1, 0.15) is 105 Å². The molecule has 3 aromatic carbocycles. The van der Waals surface area contributed by atoms with E-state index < -0.39 is 24.2 Å². The van der Waals surface area contributed by atoms with Crippen LogP contribution in [0.4, 0.5) is 0 Å². The molecule has 3 N–H and O–H groups in total. The van der Waals surface area contributed by atoms with Gasteiger partial charge in [-0.25, -0.2) is 4.98 Å². The van der Waals surface area contributed by atoms with Crippen LogP contribution in [-0.4, -0.2) is 85.8 Å².